The van der Waals surface area contributed by atoms with Gasteiger partial charge in [0.25, 0.3) is 0 Å². The summed E-state index contributed by atoms with van der Waals surface area (Å²) in [5.74, 6) is 0.0851. The van der Waals surface area contributed by atoms with E-state index in [9.17, 15) is 0 Å². The van der Waals surface area contributed by atoms with Crippen molar-refractivity contribution in [1.82, 2.24) is 5.01 Å². The van der Waals surface area contributed by atoms with Crippen molar-refractivity contribution in [1.29, 1.82) is 0 Å². The molecule has 0 radical (unpaired) electrons. The maximum absolute atomic E-state index is 6.50. The van der Waals surface area contributed by atoms with Gasteiger partial charge in [0, 0.05) is 32.8 Å². The van der Waals surface area contributed by atoms with Crippen LogP contribution < -0.4 is 0 Å². The lowest BCUT2D eigenvalue weighted by molar-refractivity contribution is 0.484. The summed E-state index contributed by atoms with van der Waals surface area (Å²) in [5, 5.41) is 8.23. The lowest BCUT2D eigenvalue weighted by Gasteiger charge is -2.15. The SMILES string of the molecule is CC.CC.Cl/C(=N\Sc1ccc(Cl)cc1)N1CC(c2ccccc2)C(c2ccc(Cl)cc2)=N1. The van der Waals surface area contributed by atoms with Gasteiger partial charge in [-0.05, 0) is 59.1 Å². The second-order valence-electron chi connectivity index (χ2n) is 6.44. The molecule has 3 aromatic rings. The topological polar surface area (TPSA) is 28.0 Å². The smallest absolute Gasteiger partial charge is 0.226 e. The van der Waals surface area contributed by atoms with Gasteiger partial charge in [0.05, 0.1) is 12.3 Å². The summed E-state index contributed by atoms with van der Waals surface area (Å²) >= 11 is 19.8. The van der Waals surface area contributed by atoms with Gasteiger partial charge in [-0.1, -0.05) is 93.4 Å². The second kappa shape index (κ2) is 14.3. The average Bonchev–Trinajstić information content (AvgIpc) is 3.33. The van der Waals surface area contributed by atoms with Crippen LogP contribution in [0.1, 0.15) is 44.7 Å². The molecule has 0 saturated heterocycles. The molecular formula is C26H28Cl3N3S. The average molecular weight is 521 g/mol. The summed E-state index contributed by atoms with van der Waals surface area (Å²) in [7, 11) is 0. The van der Waals surface area contributed by atoms with Crippen LogP contribution in [0.4, 0.5) is 0 Å². The van der Waals surface area contributed by atoms with E-state index in [4.69, 9.17) is 39.9 Å². The molecule has 174 valence electrons. The third kappa shape index (κ3) is 7.79. The van der Waals surface area contributed by atoms with Gasteiger partial charge in [-0.15, -0.1) is 0 Å². The molecule has 0 amide bonds. The van der Waals surface area contributed by atoms with E-state index in [2.05, 4.69) is 16.5 Å². The fourth-order valence-corrected chi connectivity index (χ4v) is 4.07. The summed E-state index contributed by atoms with van der Waals surface area (Å²) in [6.45, 7) is 8.62. The van der Waals surface area contributed by atoms with Crippen LogP contribution in [-0.4, -0.2) is 22.6 Å². The minimum Gasteiger partial charge on any atom is -0.236 e. The predicted molar refractivity (Wildman–Crippen MR) is 147 cm³/mol. The third-order valence-corrected chi connectivity index (χ3v) is 6.14. The summed E-state index contributed by atoms with van der Waals surface area (Å²) in [6, 6.07) is 25.4. The van der Waals surface area contributed by atoms with Crippen LogP contribution in [0.25, 0.3) is 0 Å². The van der Waals surface area contributed by atoms with Crippen molar-refractivity contribution in [3.05, 3.63) is 100 Å². The Labute approximate surface area is 216 Å². The highest BCUT2D eigenvalue weighted by Gasteiger charge is 2.31. The Morgan fingerprint density at radius 3 is 1.97 bits per heavy atom. The standard InChI is InChI=1S/C22H16Cl3N3S.2C2H6/c23-17-8-6-16(7-9-17)21-20(15-4-2-1-3-5-15)14-28(26-21)22(25)27-29-19-12-10-18(24)11-13-19;2*1-2/h1-13,20H,14H2;2*1-2H3/b27-22+;;. The highest BCUT2D eigenvalue weighted by molar-refractivity contribution is 7.98. The molecule has 0 aromatic heterocycles. The largest absolute Gasteiger partial charge is 0.236 e. The van der Waals surface area contributed by atoms with Crippen LogP contribution in [0.2, 0.25) is 10.0 Å². The van der Waals surface area contributed by atoms with E-state index in [1.807, 2.05) is 94.4 Å². The molecule has 4 rings (SSSR count). The molecule has 0 fully saturated rings. The number of rotatable bonds is 4. The highest BCUT2D eigenvalue weighted by Crippen LogP contribution is 2.31. The molecule has 0 N–H and O–H groups in total. The normalized spacial score (nSPS) is 15.1. The van der Waals surface area contributed by atoms with E-state index >= 15 is 0 Å². The minimum absolute atomic E-state index is 0.0851. The van der Waals surface area contributed by atoms with Crippen molar-refractivity contribution in [3.8, 4) is 0 Å². The fourth-order valence-electron chi connectivity index (χ4n) is 3.08. The van der Waals surface area contributed by atoms with Crippen molar-refractivity contribution in [2.24, 2.45) is 9.50 Å². The number of amidine groups is 1. The third-order valence-electron chi connectivity index (χ3n) is 4.51. The number of hydrogen-bond donors (Lipinski definition) is 0. The molecule has 3 aromatic carbocycles. The lowest BCUT2D eigenvalue weighted by Crippen LogP contribution is -2.21. The summed E-state index contributed by atoms with van der Waals surface area (Å²) in [5.41, 5.74) is 3.14. The Bertz CT molecular complexity index is 1040. The number of halogens is 3. The second-order valence-corrected chi connectivity index (χ2v) is 8.49. The molecule has 7 heteroatoms. The molecule has 0 bridgehead atoms. The Kier molecular flexibility index (Phi) is 11.8. The molecule has 33 heavy (non-hydrogen) atoms. The minimum atomic E-state index is 0.0851. The monoisotopic (exact) mass is 519 g/mol. The summed E-state index contributed by atoms with van der Waals surface area (Å²) < 4.78 is 4.43. The molecule has 0 saturated carbocycles. The van der Waals surface area contributed by atoms with Crippen LogP contribution in [0, 0.1) is 0 Å². The van der Waals surface area contributed by atoms with Gasteiger partial charge in [-0.2, -0.15) is 9.50 Å². The zero-order valence-corrected chi connectivity index (χ0v) is 22.3. The Morgan fingerprint density at radius 2 is 1.39 bits per heavy atom. The maximum Gasteiger partial charge on any atom is 0.226 e. The lowest BCUT2D eigenvalue weighted by atomic mass is 9.91. The van der Waals surface area contributed by atoms with Crippen molar-refractivity contribution in [2.45, 2.75) is 38.5 Å². The van der Waals surface area contributed by atoms with E-state index in [0.717, 1.165) is 16.2 Å². The predicted octanol–water partition coefficient (Wildman–Crippen LogP) is 9.15. The van der Waals surface area contributed by atoms with Crippen LogP contribution in [-0.2, 0) is 0 Å². The first-order valence-electron chi connectivity index (χ1n) is 10.9. The van der Waals surface area contributed by atoms with Crippen LogP contribution in [0.5, 0.6) is 0 Å². The number of benzene rings is 3. The number of hydrazone groups is 1. The quantitative estimate of drug-likeness (QED) is 0.148. The molecule has 3 nitrogen and oxygen atoms in total. The Balaban J connectivity index is 0.000000914. The number of nitrogens with zero attached hydrogens (tertiary/aromatic N) is 3. The first kappa shape index (κ1) is 27.3. The molecule has 1 unspecified atom stereocenters. The highest BCUT2D eigenvalue weighted by atomic mass is 35.5. The molecule has 0 aliphatic carbocycles. The van der Waals surface area contributed by atoms with Crippen molar-refractivity contribution >= 4 is 57.8 Å². The molecule has 1 heterocycles. The van der Waals surface area contributed by atoms with Gasteiger partial charge in [0.15, 0.2) is 0 Å². The zero-order chi connectivity index (χ0) is 24.2. The summed E-state index contributed by atoms with van der Waals surface area (Å²) in [6.07, 6.45) is 0. The zero-order valence-electron chi connectivity index (χ0n) is 19.2. The molecule has 0 spiro atoms. The van der Waals surface area contributed by atoms with Gasteiger partial charge in [0.2, 0.25) is 5.29 Å². The first-order valence-corrected chi connectivity index (χ1v) is 12.8. The van der Waals surface area contributed by atoms with Gasteiger partial charge < -0.3 is 0 Å². The van der Waals surface area contributed by atoms with Crippen LogP contribution in [0.15, 0.2) is 93.3 Å². The Hall–Kier alpha value is -1.98. The maximum atomic E-state index is 6.50. The van der Waals surface area contributed by atoms with E-state index in [1.165, 1.54) is 17.5 Å². The summed E-state index contributed by atoms with van der Waals surface area (Å²) in [4.78, 5) is 0.952. The molecule has 1 atom stereocenters. The molecular weight excluding hydrogens is 493 g/mol. The fraction of sp³-hybridized carbons (Fsp3) is 0.231. The van der Waals surface area contributed by atoms with E-state index in [1.54, 1.807) is 5.01 Å². The van der Waals surface area contributed by atoms with Crippen molar-refractivity contribution in [3.63, 3.8) is 0 Å². The van der Waals surface area contributed by atoms with E-state index < -0.39 is 0 Å². The van der Waals surface area contributed by atoms with Gasteiger partial charge >= 0.3 is 0 Å². The first-order chi connectivity index (χ1) is 16.1. The van der Waals surface area contributed by atoms with E-state index in [-0.39, 0.29) is 5.92 Å². The van der Waals surface area contributed by atoms with Gasteiger partial charge in [-0.25, -0.2) is 5.01 Å². The van der Waals surface area contributed by atoms with Crippen molar-refractivity contribution < 1.29 is 0 Å². The van der Waals surface area contributed by atoms with Crippen molar-refractivity contribution in [2.75, 3.05) is 6.54 Å². The Morgan fingerprint density at radius 1 is 0.848 bits per heavy atom. The van der Waals surface area contributed by atoms with E-state index in [0.29, 0.717) is 21.9 Å². The number of hydrogen-bond acceptors (Lipinski definition) is 3. The molecule has 1 aliphatic rings. The van der Waals surface area contributed by atoms with Crippen LogP contribution >= 0.6 is 46.8 Å². The van der Waals surface area contributed by atoms with Crippen LogP contribution in [0.3, 0.4) is 0 Å². The van der Waals surface area contributed by atoms with Gasteiger partial charge in [0.1, 0.15) is 0 Å². The van der Waals surface area contributed by atoms with Gasteiger partial charge in [-0.3, -0.25) is 0 Å². The molecule has 1 aliphatic heterocycles.